The Balaban J connectivity index is 1.98. The van der Waals surface area contributed by atoms with Crippen LogP contribution < -0.4 is 16.2 Å². The summed E-state index contributed by atoms with van der Waals surface area (Å²) < 4.78 is 0. The quantitative estimate of drug-likeness (QED) is 0.587. The van der Waals surface area contributed by atoms with Gasteiger partial charge in [0, 0.05) is 26.2 Å². The topological polar surface area (TPSA) is 80.2 Å². The number of hydrogen-bond donors (Lipinski definition) is 3. The molecular formula is C20H31N5O. The molecular weight excluding hydrogens is 326 g/mol. The van der Waals surface area contributed by atoms with E-state index >= 15 is 0 Å². The van der Waals surface area contributed by atoms with Crippen LogP contribution in [0.2, 0.25) is 0 Å². The highest BCUT2D eigenvalue weighted by molar-refractivity contribution is 5.83. The summed E-state index contributed by atoms with van der Waals surface area (Å²) in [5, 5.41) is 12.8. The number of amides is 1. The minimum Gasteiger partial charge on any atom is -0.335 e. The molecule has 1 amide bonds. The third-order valence-corrected chi connectivity index (χ3v) is 4.65. The number of nitrogens with zero attached hydrogens (tertiary/aromatic N) is 2. The molecule has 3 N–H and O–H groups in total. The number of nitrogens with one attached hydrogen (secondary N) is 3. The van der Waals surface area contributed by atoms with Crippen molar-refractivity contribution in [1.29, 1.82) is 5.26 Å². The van der Waals surface area contributed by atoms with Crippen molar-refractivity contribution in [3.8, 4) is 6.07 Å². The van der Waals surface area contributed by atoms with Crippen molar-refractivity contribution in [2.75, 3.05) is 19.6 Å². The van der Waals surface area contributed by atoms with Gasteiger partial charge >= 0.3 is 0 Å². The number of benzene rings is 1. The van der Waals surface area contributed by atoms with Crippen molar-refractivity contribution in [2.45, 2.75) is 51.7 Å². The van der Waals surface area contributed by atoms with Gasteiger partial charge in [0.05, 0.1) is 6.07 Å². The number of hydrogen-bond acceptors (Lipinski definition) is 5. The number of carbonyl (C=O) groups is 1. The van der Waals surface area contributed by atoms with E-state index in [1.807, 2.05) is 25.1 Å². The van der Waals surface area contributed by atoms with E-state index in [9.17, 15) is 10.1 Å². The molecule has 1 aliphatic rings. The summed E-state index contributed by atoms with van der Waals surface area (Å²) in [4.78, 5) is 15.0. The molecule has 0 aromatic heterocycles. The van der Waals surface area contributed by atoms with E-state index in [1.165, 1.54) is 5.56 Å². The average Bonchev–Trinajstić information content (AvgIpc) is 3.02. The Labute approximate surface area is 156 Å². The summed E-state index contributed by atoms with van der Waals surface area (Å²) in [5.74, 6) is 0.274. The lowest BCUT2D eigenvalue weighted by Crippen LogP contribution is -2.57. The molecule has 2 unspecified atom stereocenters. The van der Waals surface area contributed by atoms with Crippen LogP contribution in [0, 0.1) is 17.2 Å². The molecule has 0 spiro atoms. The highest BCUT2D eigenvalue weighted by Gasteiger charge is 2.40. The summed E-state index contributed by atoms with van der Waals surface area (Å²) in [6.07, 6.45) is 1.37. The Kier molecular flexibility index (Phi) is 7.58. The molecule has 2 atom stereocenters. The number of hydrazine groups is 1. The largest absolute Gasteiger partial charge is 0.335 e. The second-order valence-electron chi connectivity index (χ2n) is 7.49. The lowest BCUT2D eigenvalue weighted by Gasteiger charge is -2.27. The van der Waals surface area contributed by atoms with Gasteiger partial charge in [-0.3, -0.25) is 15.1 Å². The van der Waals surface area contributed by atoms with E-state index in [-0.39, 0.29) is 11.9 Å². The maximum Gasteiger partial charge on any atom is 0.239 e. The zero-order valence-corrected chi connectivity index (χ0v) is 16.1. The first kappa shape index (κ1) is 20.4. The van der Waals surface area contributed by atoms with Crippen molar-refractivity contribution in [1.82, 2.24) is 21.1 Å². The van der Waals surface area contributed by atoms with Gasteiger partial charge in [-0.25, -0.2) is 5.43 Å². The smallest absolute Gasteiger partial charge is 0.239 e. The molecule has 1 aromatic rings. The normalized spacial score (nSPS) is 21.5. The van der Waals surface area contributed by atoms with Gasteiger partial charge in [0.25, 0.3) is 0 Å². The molecule has 1 aliphatic heterocycles. The molecule has 2 rings (SSSR count). The molecule has 1 saturated heterocycles. The van der Waals surface area contributed by atoms with Crippen LogP contribution in [0.4, 0.5) is 0 Å². The van der Waals surface area contributed by atoms with E-state index in [0.717, 1.165) is 19.6 Å². The minimum atomic E-state index is -0.811. The molecule has 6 heteroatoms. The zero-order chi connectivity index (χ0) is 19.0. The predicted octanol–water partition coefficient (Wildman–Crippen LogP) is 1.80. The maximum atomic E-state index is 12.8. The Morgan fingerprint density at radius 1 is 1.35 bits per heavy atom. The van der Waals surface area contributed by atoms with Gasteiger partial charge in [-0.05, 0) is 24.3 Å². The molecule has 26 heavy (non-hydrogen) atoms. The molecule has 0 saturated carbocycles. The monoisotopic (exact) mass is 357 g/mol. The summed E-state index contributed by atoms with van der Waals surface area (Å²) in [7, 11) is 0. The average molecular weight is 358 g/mol. The van der Waals surface area contributed by atoms with Crippen LogP contribution in [0.3, 0.4) is 0 Å². The summed E-state index contributed by atoms with van der Waals surface area (Å²) >= 11 is 0. The predicted molar refractivity (Wildman–Crippen MR) is 103 cm³/mol. The van der Waals surface area contributed by atoms with Gasteiger partial charge in [-0.2, -0.15) is 5.26 Å². The van der Waals surface area contributed by atoms with Crippen LogP contribution in [-0.2, 0) is 11.3 Å². The molecule has 0 bridgehead atoms. The zero-order valence-electron chi connectivity index (χ0n) is 16.1. The molecule has 0 radical (unpaired) electrons. The second kappa shape index (κ2) is 9.67. The number of carbonyl (C=O) groups excluding carboxylic acids is 1. The van der Waals surface area contributed by atoms with Crippen molar-refractivity contribution in [3.63, 3.8) is 0 Å². The van der Waals surface area contributed by atoms with Gasteiger partial charge in [0.1, 0.15) is 11.6 Å². The van der Waals surface area contributed by atoms with Crippen molar-refractivity contribution < 1.29 is 4.79 Å². The van der Waals surface area contributed by atoms with Crippen LogP contribution in [0.5, 0.6) is 0 Å². The summed E-state index contributed by atoms with van der Waals surface area (Å²) in [5.41, 5.74) is 6.52. The van der Waals surface area contributed by atoms with Crippen molar-refractivity contribution in [3.05, 3.63) is 35.9 Å². The van der Waals surface area contributed by atoms with Gasteiger partial charge in [0.2, 0.25) is 5.91 Å². The SMILES string of the molecule is CCNNC(CC(C)C)C(=O)NC1(C#N)CCN(Cc2ccccc2)C1. The number of rotatable bonds is 9. The van der Waals surface area contributed by atoms with Gasteiger partial charge in [-0.1, -0.05) is 51.1 Å². The van der Waals surface area contributed by atoms with Crippen LogP contribution in [0.15, 0.2) is 30.3 Å². The van der Waals surface area contributed by atoms with Crippen LogP contribution in [0.25, 0.3) is 0 Å². The van der Waals surface area contributed by atoms with Gasteiger partial charge < -0.3 is 5.32 Å². The first-order valence-corrected chi connectivity index (χ1v) is 9.46. The van der Waals surface area contributed by atoms with Gasteiger partial charge in [0.15, 0.2) is 0 Å². The van der Waals surface area contributed by atoms with E-state index in [4.69, 9.17) is 0 Å². The molecule has 0 aliphatic carbocycles. The number of nitriles is 1. The Morgan fingerprint density at radius 2 is 2.08 bits per heavy atom. The standard InChI is InChI=1S/C20H31N5O/c1-4-22-24-18(12-16(2)3)19(26)23-20(14-21)10-11-25(15-20)13-17-8-6-5-7-9-17/h5-9,16,18,22,24H,4,10-13,15H2,1-3H3,(H,23,26). The van der Waals surface area contributed by atoms with E-state index in [0.29, 0.717) is 25.3 Å². The second-order valence-corrected chi connectivity index (χ2v) is 7.49. The van der Waals surface area contributed by atoms with Crippen LogP contribution >= 0.6 is 0 Å². The Bertz CT molecular complexity index is 612. The summed E-state index contributed by atoms with van der Waals surface area (Å²) in [6.45, 7) is 9.04. The van der Waals surface area contributed by atoms with Crippen molar-refractivity contribution >= 4 is 5.91 Å². The van der Waals surface area contributed by atoms with E-state index in [1.54, 1.807) is 0 Å². The fraction of sp³-hybridized carbons (Fsp3) is 0.600. The Morgan fingerprint density at radius 3 is 2.69 bits per heavy atom. The first-order chi connectivity index (χ1) is 12.5. The lowest BCUT2D eigenvalue weighted by atomic mass is 9.98. The Hall–Kier alpha value is -1.94. The lowest BCUT2D eigenvalue weighted by molar-refractivity contribution is -0.125. The molecule has 1 fully saturated rings. The van der Waals surface area contributed by atoms with Crippen molar-refractivity contribution in [2.24, 2.45) is 5.92 Å². The summed E-state index contributed by atoms with van der Waals surface area (Å²) in [6, 6.07) is 12.2. The number of likely N-dealkylation sites (tertiary alicyclic amines) is 1. The van der Waals surface area contributed by atoms with Crippen LogP contribution in [-0.4, -0.2) is 42.0 Å². The fourth-order valence-electron chi connectivity index (χ4n) is 3.34. The van der Waals surface area contributed by atoms with E-state index < -0.39 is 5.54 Å². The highest BCUT2D eigenvalue weighted by atomic mass is 16.2. The third kappa shape index (κ3) is 5.80. The van der Waals surface area contributed by atoms with Crippen LogP contribution in [0.1, 0.15) is 39.2 Å². The highest BCUT2D eigenvalue weighted by Crippen LogP contribution is 2.23. The molecule has 6 nitrogen and oxygen atoms in total. The third-order valence-electron chi connectivity index (χ3n) is 4.65. The fourth-order valence-corrected chi connectivity index (χ4v) is 3.34. The first-order valence-electron chi connectivity index (χ1n) is 9.46. The van der Waals surface area contributed by atoms with Gasteiger partial charge in [-0.15, -0.1) is 0 Å². The molecule has 142 valence electrons. The molecule has 1 heterocycles. The maximum absolute atomic E-state index is 12.8. The molecule has 1 aromatic carbocycles. The minimum absolute atomic E-state index is 0.109. The van der Waals surface area contributed by atoms with E-state index in [2.05, 4.69) is 53.1 Å².